The van der Waals surface area contributed by atoms with Crippen molar-refractivity contribution in [1.29, 1.82) is 0 Å². The summed E-state index contributed by atoms with van der Waals surface area (Å²) >= 11 is 0. The molecule has 0 unspecified atom stereocenters. The van der Waals surface area contributed by atoms with E-state index in [9.17, 15) is 33.3 Å². The highest BCUT2D eigenvalue weighted by molar-refractivity contribution is 5.89. The molecule has 1 N–H and O–H groups in total. The number of hydrogen-bond donors (Lipinski definition) is 1. The zero-order chi connectivity index (χ0) is 42.4. The van der Waals surface area contributed by atoms with Gasteiger partial charge in [0, 0.05) is 6.08 Å². The van der Waals surface area contributed by atoms with E-state index in [1.54, 1.807) is 48.5 Å². The molecule has 1 saturated carbocycles. The number of para-hydroxylation sites is 1. The molecule has 12 nitrogen and oxygen atoms in total. The van der Waals surface area contributed by atoms with Crippen LogP contribution in [0.1, 0.15) is 82.8 Å². The molecule has 0 atom stereocenters. The van der Waals surface area contributed by atoms with Crippen molar-refractivity contribution in [3.63, 3.8) is 0 Å². The molecule has 0 aromatic heterocycles. The van der Waals surface area contributed by atoms with Crippen molar-refractivity contribution in [2.75, 3.05) is 20.3 Å². The number of nitrogens with zero attached hydrogens (tertiary/aromatic N) is 1. The molecule has 3 aromatic rings. The molecular formula is C44H54F2N2O10. The number of carbonyl (C=O) groups excluding carboxylic acids is 3. The maximum atomic E-state index is 13.7. The van der Waals surface area contributed by atoms with Gasteiger partial charge in [-0.15, -0.1) is 10.1 Å². The van der Waals surface area contributed by atoms with E-state index >= 15 is 0 Å². The van der Waals surface area contributed by atoms with Gasteiger partial charge in [-0.2, -0.15) is 8.78 Å². The van der Waals surface area contributed by atoms with Gasteiger partial charge in [0.2, 0.25) is 6.41 Å². The number of unbranched alkanes of at least 4 members (excludes halogenated alkanes) is 2. The lowest BCUT2D eigenvalue weighted by Gasteiger charge is -2.19. The highest BCUT2D eigenvalue weighted by atomic mass is 19.3. The van der Waals surface area contributed by atoms with Crippen LogP contribution >= 0.6 is 0 Å². The molecule has 14 heteroatoms. The van der Waals surface area contributed by atoms with Gasteiger partial charge < -0.3 is 29.1 Å². The van der Waals surface area contributed by atoms with E-state index in [1.807, 2.05) is 6.07 Å². The Balaban J connectivity index is 0.000000361. The Morgan fingerprint density at radius 3 is 2.34 bits per heavy atom. The van der Waals surface area contributed by atoms with Crippen molar-refractivity contribution in [2.24, 2.45) is 5.92 Å². The number of amides is 1. The summed E-state index contributed by atoms with van der Waals surface area (Å²) in [5.74, 6) is -2.87. The summed E-state index contributed by atoms with van der Waals surface area (Å²) in [5, 5.41) is 11.5. The second kappa shape index (κ2) is 28.4. The quantitative estimate of drug-likeness (QED) is 0.0171. The van der Waals surface area contributed by atoms with Crippen LogP contribution in [-0.4, -0.2) is 49.6 Å². The molecule has 4 rings (SSSR count). The fraction of sp³-hybridized carbons (Fsp3) is 0.386. The smallest absolute Gasteiger partial charge is 0.336 e. The van der Waals surface area contributed by atoms with Crippen LogP contribution in [0.4, 0.5) is 8.78 Å². The van der Waals surface area contributed by atoms with Crippen LogP contribution in [0.25, 0.3) is 6.08 Å². The number of rotatable bonds is 20. The van der Waals surface area contributed by atoms with Gasteiger partial charge in [-0.05, 0) is 91.3 Å². The van der Waals surface area contributed by atoms with E-state index < -0.39 is 29.6 Å². The van der Waals surface area contributed by atoms with E-state index in [-0.39, 0.29) is 30.4 Å². The van der Waals surface area contributed by atoms with E-state index in [0.717, 1.165) is 31.8 Å². The minimum Gasteiger partial charge on any atom is -0.493 e. The van der Waals surface area contributed by atoms with Crippen LogP contribution in [0.5, 0.6) is 23.0 Å². The molecule has 1 amide bonds. The Bertz CT molecular complexity index is 1760. The fourth-order valence-electron chi connectivity index (χ4n) is 5.25. The van der Waals surface area contributed by atoms with Gasteiger partial charge >= 0.3 is 11.9 Å². The Morgan fingerprint density at radius 1 is 0.931 bits per heavy atom. The Hall–Kier alpha value is -6.05. The van der Waals surface area contributed by atoms with Crippen LogP contribution in [0.2, 0.25) is 0 Å². The standard InChI is InChI=1S/C20H18N2O9.C16H20F2O.C8H16/c1-28-18-10-14(5-7-17(18)31-20(25)11-21-13-23)6-8-19(24)30-16-4-2-3-15(9-16)12-29-22(26)27;17-16(18,12-11-14-7-3-1-4-8-14)13-19-15-9-5-2-6-10-15;1-3-5-7-8-6-4-2/h2-10,13H,11-12H2,1H3,(H,21,23);2,5-6,9-12,14H,1,3-4,7-8,13H2;5,7H,3-4,6,8H2,1-2H3/b8-6+;12-11+;7-5-. The van der Waals surface area contributed by atoms with Crippen LogP contribution in [0.15, 0.2) is 103 Å². The average molecular weight is 809 g/mol. The van der Waals surface area contributed by atoms with Crippen LogP contribution < -0.4 is 24.3 Å². The molecule has 0 saturated heterocycles. The fourth-order valence-corrected chi connectivity index (χ4v) is 5.25. The highest BCUT2D eigenvalue weighted by Gasteiger charge is 2.27. The first kappa shape index (κ1) is 48.1. The van der Waals surface area contributed by atoms with Gasteiger partial charge in [0.25, 0.3) is 11.0 Å². The summed E-state index contributed by atoms with van der Waals surface area (Å²) in [5.41, 5.74) is 1.02. The van der Waals surface area contributed by atoms with Crippen molar-refractivity contribution in [3.8, 4) is 23.0 Å². The predicted octanol–water partition coefficient (Wildman–Crippen LogP) is 9.65. The summed E-state index contributed by atoms with van der Waals surface area (Å²) in [6, 6.07) is 19.4. The molecule has 1 aliphatic carbocycles. The number of halogens is 2. The van der Waals surface area contributed by atoms with Gasteiger partial charge in [-0.3, -0.25) is 4.79 Å². The molecule has 314 valence electrons. The minimum atomic E-state index is -2.90. The molecule has 0 radical (unpaired) electrons. The largest absolute Gasteiger partial charge is 0.493 e. The van der Waals surface area contributed by atoms with Crippen molar-refractivity contribution < 1.29 is 52.0 Å². The zero-order valence-corrected chi connectivity index (χ0v) is 33.3. The Labute approximate surface area is 339 Å². The van der Waals surface area contributed by atoms with E-state index in [0.29, 0.717) is 29.2 Å². The molecule has 58 heavy (non-hydrogen) atoms. The van der Waals surface area contributed by atoms with Gasteiger partial charge in [0.05, 0.1) is 7.11 Å². The number of nitrogens with one attached hydrogen (secondary N) is 1. The molecule has 0 bridgehead atoms. The SMILES string of the molecule is CC/C=C\CCCC.COc1cc(/C=C/C(=O)Oc2cccc(CO[N+](=O)[O-])c2)ccc1OC(=O)CNC=O.FC(F)(/C=C/C1CCCCC1)COc1ccccc1. The van der Waals surface area contributed by atoms with Crippen molar-refractivity contribution in [2.45, 2.75) is 84.2 Å². The van der Waals surface area contributed by atoms with E-state index in [2.05, 4.69) is 36.2 Å². The molecule has 3 aromatic carbocycles. The summed E-state index contributed by atoms with van der Waals surface area (Å²) < 4.78 is 47.8. The molecule has 1 fully saturated rings. The van der Waals surface area contributed by atoms with E-state index in [1.165, 1.54) is 75.6 Å². The number of methoxy groups -OCH3 is 1. The van der Waals surface area contributed by atoms with Crippen LogP contribution in [0.3, 0.4) is 0 Å². The number of alkyl halides is 2. The van der Waals surface area contributed by atoms with Gasteiger partial charge in [-0.1, -0.05) is 101 Å². The Morgan fingerprint density at radius 2 is 1.67 bits per heavy atom. The molecular weight excluding hydrogens is 754 g/mol. The third-order valence-electron chi connectivity index (χ3n) is 8.17. The number of carbonyl (C=O) groups is 3. The molecule has 0 heterocycles. The second-order valence-corrected chi connectivity index (χ2v) is 12.9. The number of allylic oxidation sites excluding steroid dienone is 3. The van der Waals surface area contributed by atoms with Crippen LogP contribution in [0, 0.1) is 16.0 Å². The third kappa shape index (κ3) is 21.9. The lowest BCUT2D eigenvalue weighted by molar-refractivity contribution is -0.763. The van der Waals surface area contributed by atoms with Crippen molar-refractivity contribution >= 4 is 24.4 Å². The first-order valence-electron chi connectivity index (χ1n) is 19.2. The van der Waals surface area contributed by atoms with E-state index in [4.69, 9.17) is 18.9 Å². The summed E-state index contributed by atoms with van der Waals surface area (Å²) in [6.07, 6.45) is 20.9. The van der Waals surface area contributed by atoms with Gasteiger partial charge in [-0.25, -0.2) is 9.59 Å². The number of ether oxygens (including phenoxy) is 4. The summed E-state index contributed by atoms with van der Waals surface area (Å²) in [6.45, 7) is 3.23. The minimum absolute atomic E-state index is 0.147. The lowest BCUT2D eigenvalue weighted by atomic mass is 9.89. The van der Waals surface area contributed by atoms with Crippen LogP contribution in [-0.2, 0) is 25.8 Å². The average Bonchev–Trinajstić information content (AvgIpc) is 3.23. The topological polar surface area (TPSA) is 153 Å². The second-order valence-electron chi connectivity index (χ2n) is 12.9. The number of benzene rings is 3. The van der Waals surface area contributed by atoms with Gasteiger partial charge in [0.1, 0.15) is 24.7 Å². The lowest BCUT2D eigenvalue weighted by Crippen LogP contribution is -2.25. The predicted molar refractivity (Wildman–Crippen MR) is 217 cm³/mol. The third-order valence-corrected chi connectivity index (χ3v) is 8.17. The summed E-state index contributed by atoms with van der Waals surface area (Å²) in [7, 11) is 1.38. The monoisotopic (exact) mass is 808 g/mol. The first-order chi connectivity index (χ1) is 28.0. The maximum Gasteiger partial charge on any atom is 0.336 e. The highest BCUT2D eigenvalue weighted by Crippen LogP contribution is 2.29. The van der Waals surface area contributed by atoms with Crippen molar-refractivity contribution in [3.05, 3.63) is 124 Å². The molecule has 0 aliphatic heterocycles. The Kier molecular flexibility index (Phi) is 23.5. The maximum absolute atomic E-state index is 13.7. The zero-order valence-electron chi connectivity index (χ0n) is 33.3. The molecule has 1 aliphatic rings. The normalized spacial score (nSPS) is 12.8. The number of hydrogen-bond acceptors (Lipinski definition) is 10. The summed E-state index contributed by atoms with van der Waals surface area (Å²) in [4.78, 5) is 48.4. The first-order valence-corrected chi connectivity index (χ1v) is 19.2. The van der Waals surface area contributed by atoms with Gasteiger partial charge in [0.15, 0.2) is 18.1 Å². The van der Waals surface area contributed by atoms with Crippen molar-refractivity contribution in [1.82, 2.24) is 5.32 Å². The number of esters is 2. The molecule has 0 spiro atoms.